The lowest BCUT2D eigenvalue weighted by atomic mass is 10.2. The summed E-state index contributed by atoms with van der Waals surface area (Å²) in [5.41, 5.74) is 1.30. The lowest BCUT2D eigenvalue weighted by Crippen LogP contribution is -2.27. The Balaban J connectivity index is 2.10. The summed E-state index contributed by atoms with van der Waals surface area (Å²) in [5, 5.41) is 13.6. The quantitative estimate of drug-likeness (QED) is 0.736. The smallest absolute Gasteiger partial charge is 0.272 e. The van der Waals surface area contributed by atoms with Gasteiger partial charge in [0.25, 0.3) is 5.91 Å². The predicted octanol–water partition coefficient (Wildman–Crippen LogP) is 1.66. The van der Waals surface area contributed by atoms with Crippen LogP contribution < -0.4 is 10.6 Å². The number of nitrogens with one attached hydrogen (secondary N) is 3. The number of carbonyl (C=O) groups excluding carboxylic acids is 1. The maximum atomic E-state index is 12.0. The molecule has 1 amide bonds. The third-order valence-corrected chi connectivity index (χ3v) is 3.12. The molecule has 0 unspecified atom stereocenters. The fraction of sp³-hybridized carbons (Fsp3) is 0.333. The number of amides is 1. The topological polar surface area (TPSA) is 69.8 Å². The molecule has 0 aliphatic heterocycles. The Morgan fingerprint density at radius 3 is 3.06 bits per heavy atom. The molecule has 0 spiro atoms. The Morgan fingerprint density at radius 2 is 2.28 bits per heavy atom. The van der Waals surface area contributed by atoms with Gasteiger partial charge in [-0.1, -0.05) is 15.9 Å². The van der Waals surface area contributed by atoms with Crippen LogP contribution in [0.15, 0.2) is 22.7 Å². The van der Waals surface area contributed by atoms with Crippen molar-refractivity contribution in [3.05, 3.63) is 28.4 Å². The van der Waals surface area contributed by atoms with Gasteiger partial charge in [-0.25, -0.2) is 0 Å². The average molecular weight is 311 g/mol. The van der Waals surface area contributed by atoms with Gasteiger partial charge in [-0.3, -0.25) is 9.89 Å². The average Bonchev–Trinajstić information content (AvgIpc) is 2.77. The van der Waals surface area contributed by atoms with Crippen molar-refractivity contribution in [2.24, 2.45) is 0 Å². The number of benzene rings is 1. The van der Waals surface area contributed by atoms with Crippen LogP contribution in [0.2, 0.25) is 0 Å². The maximum absolute atomic E-state index is 12.0. The van der Waals surface area contributed by atoms with Crippen LogP contribution in [0.25, 0.3) is 10.9 Å². The maximum Gasteiger partial charge on any atom is 0.272 e. The van der Waals surface area contributed by atoms with Crippen molar-refractivity contribution in [3.8, 4) is 0 Å². The number of nitrogens with zero attached hydrogens (tertiary/aromatic N) is 1. The van der Waals surface area contributed by atoms with Crippen LogP contribution in [-0.2, 0) is 0 Å². The van der Waals surface area contributed by atoms with Crippen molar-refractivity contribution >= 4 is 32.7 Å². The van der Waals surface area contributed by atoms with Gasteiger partial charge in [0.1, 0.15) is 0 Å². The van der Waals surface area contributed by atoms with Crippen molar-refractivity contribution in [2.75, 3.05) is 20.1 Å². The van der Waals surface area contributed by atoms with E-state index in [0.29, 0.717) is 12.2 Å². The zero-order valence-electron chi connectivity index (χ0n) is 10.1. The molecule has 96 valence electrons. The van der Waals surface area contributed by atoms with E-state index in [1.807, 2.05) is 25.2 Å². The first-order chi connectivity index (χ1) is 8.72. The summed E-state index contributed by atoms with van der Waals surface area (Å²) in [6.07, 6.45) is 0.897. The Labute approximate surface area is 113 Å². The Bertz CT molecular complexity index is 552. The fourth-order valence-corrected chi connectivity index (χ4v) is 2.07. The molecule has 1 heterocycles. The largest absolute Gasteiger partial charge is 0.351 e. The number of aromatic nitrogens is 2. The number of H-pyrrole nitrogens is 1. The number of carbonyl (C=O) groups is 1. The van der Waals surface area contributed by atoms with Crippen molar-refractivity contribution < 1.29 is 4.79 Å². The second kappa shape index (κ2) is 5.97. The summed E-state index contributed by atoms with van der Waals surface area (Å²) in [6, 6.07) is 5.70. The van der Waals surface area contributed by atoms with E-state index < -0.39 is 0 Å². The van der Waals surface area contributed by atoms with Gasteiger partial charge in [-0.2, -0.15) is 5.10 Å². The van der Waals surface area contributed by atoms with Gasteiger partial charge in [0.05, 0.1) is 5.52 Å². The highest BCUT2D eigenvalue weighted by atomic mass is 79.9. The molecule has 2 rings (SSSR count). The van der Waals surface area contributed by atoms with Crippen molar-refractivity contribution in [1.82, 2.24) is 20.8 Å². The van der Waals surface area contributed by atoms with Crippen LogP contribution in [0.4, 0.5) is 0 Å². The first kappa shape index (κ1) is 13.0. The Kier molecular flexibility index (Phi) is 4.33. The molecule has 0 bridgehead atoms. The second-order valence-corrected chi connectivity index (χ2v) is 4.89. The van der Waals surface area contributed by atoms with Crippen molar-refractivity contribution in [1.29, 1.82) is 0 Å². The first-order valence-electron chi connectivity index (χ1n) is 5.79. The summed E-state index contributed by atoms with van der Waals surface area (Å²) in [6.45, 7) is 1.52. The molecule has 0 fully saturated rings. The van der Waals surface area contributed by atoms with E-state index in [0.717, 1.165) is 28.3 Å². The highest BCUT2D eigenvalue weighted by molar-refractivity contribution is 9.10. The predicted molar refractivity (Wildman–Crippen MR) is 74.7 cm³/mol. The lowest BCUT2D eigenvalue weighted by Gasteiger charge is -2.03. The van der Waals surface area contributed by atoms with Crippen LogP contribution in [0.3, 0.4) is 0 Å². The molecule has 0 saturated carbocycles. The molecule has 1 aromatic carbocycles. The highest BCUT2D eigenvalue weighted by Gasteiger charge is 2.13. The number of aromatic amines is 1. The molecule has 6 heteroatoms. The minimum atomic E-state index is -0.143. The van der Waals surface area contributed by atoms with E-state index in [4.69, 9.17) is 0 Å². The van der Waals surface area contributed by atoms with Crippen molar-refractivity contribution in [3.63, 3.8) is 0 Å². The third-order valence-electron chi connectivity index (χ3n) is 2.63. The molecule has 18 heavy (non-hydrogen) atoms. The summed E-state index contributed by atoms with van der Waals surface area (Å²) < 4.78 is 0.931. The zero-order chi connectivity index (χ0) is 13.0. The van der Waals surface area contributed by atoms with Gasteiger partial charge in [0, 0.05) is 16.4 Å². The highest BCUT2D eigenvalue weighted by Crippen LogP contribution is 2.20. The van der Waals surface area contributed by atoms with E-state index in [2.05, 4.69) is 36.8 Å². The van der Waals surface area contributed by atoms with Crippen LogP contribution in [0.1, 0.15) is 16.9 Å². The summed E-state index contributed by atoms with van der Waals surface area (Å²) >= 11 is 3.39. The number of fused-ring (bicyclic) bond motifs is 1. The number of rotatable bonds is 5. The van der Waals surface area contributed by atoms with Gasteiger partial charge in [-0.05, 0) is 38.2 Å². The number of hydrogen-bond acceptors (Lipinski definition) is 3. The monoisotopic (exact) mass is 310 g/mol. The third kappa shape index (κ3) is 2.88. The SMILES string of the molecule is CNCCCNC(=O)c1n[nH]c2ccc(Br)cc12. The van der Waals surface area contributed by atoms with Gasteiger partial charge in [0.15, 0.2) is 5.69 Å². The van der Waals surface area contributed by atoms with E-state index in [9.17, 15) is 4.79 Å². The minimum absolute atomic E-state index is 0.143. The standard InChI is InChI=1S/C12H15BrN4O/c1-14-5-2-6-15-12(18)11-9-7-8(13)3-4-10(9)16-17-11/h3-4,7,14H,2,5-6H2,1H3,(H,15,18)(H,16,17). The molecule has 0 saturated heterocycles. The molecule has 0 aliphatic rings. The fourth-order valence-electron chi connectivity index (χ4n) is 1.71. The van der Waals surface area contributed by atoms with E-state index in [-0.39, 0.29) is 5.91 Å². The molecule has 5 nitrogen and oxygen atoms in total. The van der Waals surface area contributed by atoms with Crippen molar-refractivity contribution in [2.45, 2.75) is 6.42 Å². The van der Waals surface area contributed by atoms with Crippen LogP contribution >= 0.6 is 15.9 Å². The molecule has 1 aromatic heterocycles. The molecular weight excluding hydrogens is 296 g/mol. The van der Waals surface area contributed by atoms with Crippen LogP contribution in [0, 0.1) is 0 Å². The molecule has 0 atom stereocenters. The van der Waals surface area contributed by atoms with Gasteiger partial charge < -0.3 is 10.6 Å². The lowest BCUT2D eigenvalue weighted by molar-refractivity contribution is 0.0950. The summed E-state index contributed by atoms with van der Waals surface area (Å²) in [7, 11) is 1.89. The van der Waals surface area contributed by atoms with Gasteiger partial charge in [0.2, 0.25) is 0 Å². The van der Waals surface area contributed by atoms with E-state index >= 15 is 0 Å². The van der Waals surface area contributed by atoms with Crippen LogP contribution in [-0.4, -0.2) is 36.2 Å². The zero-order valence-corrected chi connectivity index (χ0v) is 11.7. The Hall–Kier alpha value is -1.40. The summed E-state index contributed by atoms with van der Waals surface area (Å²) in [4.78, 5) is 12.0. The van der Waals surface area contributed by atoms with Crippen LogP contribution in [0.5, 0.6) is 0 Å². The van der Waals surface area contributed by atoms with Gasteiger partial charge >= 0.3 is 0 Å². The molecule has 0 aliphatic carbocycles. The molecule has 2 aromatic rings. The van der Waals surface area contributed by atoms with E-state index in [1.54, 1.807) is 0 Å². The minimum Gasteiger partial charge on any atom is -0.351 e. The number of hydrogen-bond donors (Lipinski definition) is 3. The molecule has 3 N–H and O–H groups in total. The second-order valence-electron chi connectivity index (χ2n) is 3.98. The van der Waals surface area contributed by atoms with Gasteiger partial charge in [-0.15, -0.1) is 0 Å². The first-order valence-corrected chi connectivity index (χ1v) is 6.58. The van der Waals surface area contributed by atoms with E-state index in [1.165, 1.54) is 0 Å². The number of halogens is 1. The Morgan fingerprint density at radius 1 is 1.44 bits per heavy atom. The summed E-state index contributed by atoms with van der Waals surface area (Å²) in [5.74, 6) is -0.143. The molecular formula is C12H15BrN4O. The molecule has 0 radical (unpaired) electrons. The normalized spacial score (nSPS) is 10.8.